The zero-order valence-electron chi connectivity index (χ0n) is 18.9. The van der Waals surface area contributed by atoms with E-state index in [0.717, 1.165) is 51.1 Å². The minimum absolute atomic E-state index is 0.358. The Morgan fingerprint density at radius 2 is 1.56 bits per heavy atom. The normalized spacial score (nSPS) is 15.9. The highest BCUT2D eigenvalue weighted by molar-refractivity contribution is 5.86. The van der Waals surface area contributed by atoms with Gasteiger partial charge in [0.25, 0.3) is 0 Å². The summed E-state index contributed by atoms with van der Waals surface area (Å²) in [4.78, 5) is 2.52. The second-order valence-corrected chi connectivity index (χ2v) is 9.13. The van der Waals surface area contributed by atoms with E-state index in [0.29, 0.717) is 0 Å². The fourth-order valence-corrected chi connectivity index (χ4v) is 5.19. The Balaban J connectivity index is 1.45. The largest absolute Gasteiger partial charge is 0.387 e. The summed E-state index contributed by atoms with van der Waals surface area (Å²) >= 11 is 0. The molecule has 0 radical (unpaired) electrons. The first kappa shape index (κ1) is 21.0. The van der Waals surface area contributed by atoms with E-state index in [2.05, 4.69) is 95.3 Å². The van der Waals surface area contributed by atoms with Crippen molar-refractivity contribution in [3.8, 4) is 0 Å². The molecule has 0 bridgehead atoms. The van der Waals surface area contributed by atoms with Crippen LogP contribution < -0.4 is 0 Å². The van der Waals surface area contributed by atoms with E-state index in [9.17, 15) is 5.11 Å². The van der Waals surface area contributed by atoms with Gasteiger partial charge < -0.3 is 9.67 Å². The maximum absolute atomic E-state index is 10.9. The molecular weight excluding hydrogens is 392 g/mol. The molecule has 32 heavy (non-hydrogen) atoms. The third-order valence-electron chi connectivity index (χ3n) is 6.73. The summed E-state index contributed by atoms with van der Waals surface area (Å²) in [5, 5.41) is 12.2. The van der Waals surface area contributed by atoms with Gasteiger partial charge in [-0.25, -0.2) is 0 Å². The van der Waals surface area contributed by atoms with Crippen molar-refractivity contribution in [2.45, 2.75) is 51.9 Å². The molecule has 1 aliphatic carbocycles. The quantitative estimate of drug-likeness (QED) is 0.393. The van der Waals surface area contributed by atoms with Crippen molar-refractivity contribution in [3.63, 3.8) is 0 Å². The average molecular weight is 425 g/mol. The maximum atomic E-state index is 10.9. The summed E-state index contributed by atoms with van der Waals surface area (Å²) in [5.74, 6) is 0. The van der Waals surface area contributed by atoms with E-state index in [1.165, 1.54) is 33.2 Å². The number of hydrogen-bond donors (Lipinski definition) is 1. The lowest BCUT2D eigenvalue weighted by Crippen LogP contribution is -2.28. The Bertz CT molecular complexity index is 1140. The van der Waals surface area contributed by atoms with E-state index in [4.69, 9.17) is 0 Å². The van der Waals surface area contributed by atoms with E-state index in [1.807, 2.05) is 0 Å². The zero-order chi connectivity index (χ0) is 21.9. The third kappa shape index (κ3) is 4.36. The third-order valence-corrected chi connectivity index (χ3v) is 6.73. The number of aliphatic hydroxyl groups is 1. The Morgan fingerprint density at radius 3 is 2.22 bits per heavy atom. The molecule has 0 saturated carbocycles. The first-order valence-corrected chi connectivity index (χ1v) is 11.8. The summed E-state index contributed by atoms with van der Waals surface area (Å²) < 4.78 is 2.40. The average Bonchev–Trinajstić information content (AvgIpc) is 3.13. The van der Waals surface area contributed by atoms with Crippen LogP contribution in [0.2, 0.25) is 0 Å². The first-order valence-electron chi connectivity index (χ1n) is 11.8. The lowest BCUT2D eigenvalue weighted by molar-refractivity contribution is 0.145. The molecule has 1 unspecified atom stereocenters. The molecule has 0 spiro atoms. The lowest BCUT2D eigenvalue weighted by atomic mass is 9.93. The van der Waals surface area contributed by atoms with Gasteiger partial charge >= 0.3 is 0 Å². The van der Waals surface area contributed by atoms with E-state index >= 15 is 0 Å². The van der Waals surface area contributed by atoms with Gasteiger partial charge in [0.1, 0.15) is 0 Å². The Kier molecular flexibility index (Phi) is 6.11. The SMILES string of the molecule is Cc1ccc2c(c1)c1c(n2CCN(Cc2ccccc2)Cc2ccccc2)C(O)CCC1. The van der Waals surface area contributed by atoms with Crippen molar-refractivity contribution in [3.05, 3.63) is 107 Å². The molecule has 4 aromatic rings. The van der Waals surface area contributed by atoms with Crippen LogP contribution in [0.15, 0.2) is 78.9 Å². The van der Waals surface area contributed by atoms with Crippen LogP contribution in [-0.2, 0) is 26.1 Å². The standard InChI is InChI=1S/C29H32N2O/c1-22-15-16-27-26(19-22)25-13-8-14-28(32)29(25)31(27)18-17-30(20-23-9-4-2-5-10-23)21-24-11-6-3-7-12-24/h2-7,9-12,15-16,19,28,32H,8,13-14,17-18,20-21H2,1H3. The van der Waals surface area contributed by atoms with Crippen molar-refractivity contribution in [2.75, 3.05) is 6.54 Å². The van der Waals surface area contributed by atoms with Gasteiger partial charge in [-0.15, -0.1) is 0 Å². The molecule has 1 N–H and O–H groups in total. The van der Waals surface area contributed by atoms with Crippen LogP contribution in [0.25, 0.3) is 10.9 Å². The second kappa shape index (κ2) is 9.32. The van der Waals surface area contributed by atoms with Gasteiger partial charge in [-0.1, -0.05) is 72.3 Å². The minimum Gasteiger partial charge on any atom is -0.387 e. The summed E-state index contributed by atoms with van der Waals surface area (Å²) in [6.07, 6.45) is 2.63. The summed E-state index contributed by atoms with van der Waals surface area (Å²) in [6.45, 7) is 5.80. The molecule has 3 nitrogen and oxygen atoms in total. The Labute approximate surface area is 190 Å². The topological polar surface area (TPSA) is 28.4 Å². The molecule has 3 aromatic carbocycles. The number of aliphatic hydroxyl groups excluding tert-OH is 1. The van der Waals surface area contributed by atoms with Gasteiger partial charge in [0, 0.05) is 37.1 Å². The van der Waals surface area contributed by atoms with Crippen LogP contribution in [0.4, 0.5) is 0 Å². The number of benzene rings is 3. The highest BCUT2D eigenvalue weighted by atomic mass is 16.3. The molecule has 164 valence electrons. The highest BCUT2D eigenvalue weighted by Gasteiger charge is 2.26. The number of fused-ring (bicyclic) bond motifs is 3. The Morgan fingerprint density at radius 1 is 0.906 bits per heavy atom. The molecular formula is C29H32N2O. The predicted molar refractivity (Wildman–Crippen MR) is 132 cm³/mol. The molecule has 0 saturated heterocycles. The molecule has 1 atom stereocenters. The van der Waals surface area contributed by atoms with E-state index in [-0.39, 0.29) is 6.10 Å². The van der Waals surface area contributed by atoms with Gasteiger partial charge in [-0.3, -0.25) is 4.90 Å². The molecule has 3 heteroatoms. The van der Waals surface area contributed by atoms with Gasteiger partial charge in [0.05, 0.1) is 11.8 Å². The molecule has 0 aliphatic heterocycles. The molecule has 1 aliphatic rings. The first-order chi connectivity index (χ1) is 15.7. The minimum atomic E-state index is -0.358. The van der Waals surface area contributed by atoms with Crippen molar-refractivity contribution in [1.29, 1.82) is 0 Å². The van der Waals surface area contributed by atoms with Gasteiger partial charge in [0.15, 0.2) is 0 Å². The van der Waals surface area contributed by atoms with Crippen LogP contribution in [0.5, 0.6) is 0 Å². The maximum Gasteiger partial charge on any atom is 0.0943 e. The van der Waals surface area contributed by atoms with Crippen LogP contribution in [0, 0.1) is 6.92 Å². The van der Waals surface area contributed by atoms with Crippen molar-refractivity contribution in [1.82, 2.24) is 9.47 Å². The van der Waals surface area contributed by atoms with Crippen molar-refractivity contribution >= 4 is 10.9 Å². The summed E-state index contributed by atoms with van der Waals surface area (Å²) in [5.41, 5.74) is 7.72. The number of aromatic nitrogens is 1. The highest BCUT2D eigenvalue weighted by Crippen LogP contribution is 2.37. The van der Waals surface area contributed by atoms with Crippen LogP contribution in [-0.4, -0.2) is 21.1 Å². The van der Waals surface area contributed by atoms with Crippen molar-refractivity contribution in [2.24, 2.45) is 0 Å². The lowest BCUT2D eigenvalue weighted by Gasteiger charge is -2.26. The zero-order valence-corrected chi connectivity index (χ0v) is 18.9. The smallest absolute Gasteiger partial charge is 0.0943 e. The number of rotatable bonds is 7. The fraction of sp³-hybridized carbons (Fsp3) is 0.310. The van der Waals surface area contributed by atoms with Crippen molar-refractivity contribution < 1.29 is 5.11 Å². The van der Waals surface area contributed by atoms with Gasteiger partial charge in [-0.2, -0.15) is 0 Å². The molecule has 0 fully saturated rings. The number of hydrogen-bond acceptors (Lipinski definition) is 2. The second-order valence-electron chi connectivity index (χ2n) is 9.13. The number of nitrogens with zero attached hydrogens (tertiary/aromatic N) is 2. The van der Waals surface area contributed by atoms with Crippen LogP contribution in [0.1, 0.15) is 46.9 Å². The fourth-order valence-electron chi connectivity index (χ4n) is 5.19. The van der Waals surface area contributed by atoms with Gasteiger partial charge in [0.2, 0.25) is 0 Å². The predicted octanol–water partition coefficient (Wildman–Crippen LogP) is 6.02. The molecule has 1 heterocycles. The number of aryl methyl sites for hydroxylation is 2. The van der Waals surface area contributed by atoms with Gasteiger partial charge in [-0.05, 0) is 55.0 Å². The Hall–Kier alpha value is -2.88. The van der Waals surface area contributed by atoms with Crippen LogP contribution in [0.3, 0.4) is 0 Å². The summed E-state index contributed by atoms with van der Waals surface area (Å²) in [6, 6.07) is 28.2. The molecule has 5 rings (SSSR count). The van der Waals surface area contributed by atoms with E-state index in [1.54, 1.807) is 0 Å². The molecule has 1 aromatic heterocycles. The summed E-state index contributed by atoms with van der Waals surface area (Å²) in [7, 11) is 0. The molecule has 0 amide bonds. The monoisotopic (exact) mass is 424 g/mol. The van der Waals surface area contributed by atoms with E-state index < -0.39 is 0 Å². The van der Waals surface area contributed by atoms with Crippen LogP contribution >= 0.6 is 0 Å².